The van der Waals surface area contributed by atoms with Crippen molar-refractivity contribution in [2.45, 2.75) is 51.0 Å². The van der Waals surface area contributed by atoms with Crippen LogP contribution >= 0.6 is 0 Å². The van der Waals surface area contributed by atoms with Crippen LogP contribution in [0, 0.1) is 5.92 Å². The summed E-state index contributed by atoms with van der Waals surface area (Å²) in [6, 6.07) is 0. The van der Waals surface area contributed by atoms with Crippen LogP contribution in [0.5, 0.6) is 0 Å². The Balaban J connectivity index is 1.91. The lowest BCUT2D eigenvalue weighted by atomic mass is 9.88. The van der Waals surface area contributed by atoms with Gasteiger partial charge in [-0.05, 0) is 38.1 Å². The van der Waals surface area contributed by atoms with Crippen molar-refractivity contribution in [3.05, 3.63) is 0 Å². The molecule has 0 aromatic heterocycles. The van der Waals surface area contributed by atoms with Gasteiger partial charge in [0.15, 0.2) is 0 Å². The third kappa shape index (κ3) is 1.58. The number of hydrogen-bond donors (Lipinski definition) is 1. The summed E-state index contributed by atoms with van der Waals surface area (Å²) in [7, 11) is 0. The molecule has 2 rings (SSSR count). The zero-order valence-corrected chi connectivity index (χ0v) is 7.53. The predicted octanol–water partition coefficient (Wildman–Crippen LogP) is 2.32. The minimum atomic E-state index is 0.571. The summed E-state index contributed by atoms with van der Waals surface area (Å²) >= 11 is 0. The zero-order chi connectivity index (χ0) is 7.73. The second kappa shape index (κ2) is 2.78. The van der Waals surface area contributed by atoms with Crippen LogP contribution in [0.2, 0.25) is 0 Å². The Morgan fingerprint density at radius 3 is 2.73 bits per heavy atom. The lowest BCUT2D eigenvalue weighted by Crippen LogP contribution is -2.39. The highest BCUT2D eigenvalue weighted by Crippen LogP contribution is 2.40. The van der Waals surface area contributed by atoms with Crippen molar-refractivity contribution in [3.63, 3.8) is 0 Å². The molecule has 1 N–H and O–H groups in total. The van der Waals surface area contributed by atoms with Crippen molar-refractivity contribution in [2.24, 2.45) is 5.92 Å². The van der Waals surface area contributed by atoms with Gasteiger partial charge in [0.05, 0.1) is 0 Å². The van der Waals surface area contributed by atoms with E-state index < -0.39 is 0 Å². The molecule has 0 aromatic rings. The topological polar surface area (TPSA) is 12.0 Å². The van der Waals surface area contributed by atoms with Crippen LogP contribution in [0.25, 0.3) is 0 Å². The first-order chi connectivity index (χ1) is 5.35. The van der Waals surface area contributed by atoms with E-state index in [0.717, 1.165) is 5.92 Å². The van der Waals surface area contributed by atoms with Crippen molar-refractivity contribution in [1.82, 2.24) is 5.32 Å². The first kappa shape index (κ1) is 7.60. The van der Waals surface area contributed by atoms with Gasteiger partial charge in [0.25, 0.3) is 0 Å². The molecule has 1 atom stereocenters. The van der Waals surface area contributed by atoms with Gasteiger partial charge >= 0.3 is 0 Å². The highest BCUT2D eigenvalue weighted by molar-refractivity contribution is 4.95. The Hall–Kier alpha value is -0.0400. The largest absolute Gasteiger partial charge is 0.311 e. The lowest BCUT2D eigenvalue weighted by molar-refractivity contribution is 0.319. The second-order valence-electron chi connectivity index (χ2n) is 4.31. The van der Waals surface area contributed by atoms with E-state index in [9.17, 15) is 0 Å². The SMILES string of the molecule is CCC1(CC2CC2)CCCN1. The van der Waals surface area contributed by atoms with Gasteiger partial charge in [0.1, 0.15) is 0 Å². The van der Waals surface area contributed by atoms with Gasteiger partial charge in [-0.1, -0.05) is 19.8 Å². The Bertz CT molecular complexity index is 132. The fourth-order valence-electron chi connectivity index (χ4n) is 2.36. The normalized spacial score (nSPS) is 37.9. The van der Waals surface area contributed by atoms with Crippen LogP contribution in [0.3, 0.4) is 0 Å². The molecule has 0 aromatic carbocycles. The molecule has 1 nitrogen and oxygen atoms in total. The molecule has 0 bridgehead atoms. The monoisotopic (exact) mass is 153 g/mol. The summed E-state index contributed by atoms with van der Waals surface area (Å²) in [5, 5.41) is 3.69. The molecule has 0 radical (unpaired) electrons. The third-order valence-electron chi connectivity index (χ3n) is 3.39. The molecule has 1 saturated heterocycles. The quantitative estimate of drug-likeness (QED) is 0.656. The van der Waals surface area contributed by atoms with Crippen LogP contribution in [-0.2, 0) is 0 Å². The molecule has 0 spiro atoms. The van der Waals surface area contributed by atoms with E-state index in [1.54, 1.807) is 0 Å². The summed E-state index contributed by atoms with van der Waals surface area (Å²) < 4.78 is 0. The minimum absolute atomic E-state index is 0.571. The summed E-state index contributed by atoms with van der Waals surface area (Å²) in [5.41, 5.74) is 0.571. The van der Waals surface area contributed by atoms with E-state index in [4.69, 9.17) is 0 Å². The summed E-state index contributed by atoms with van der Waals surface area (Å²) in [6.45, 7) is 3.60. The number of nitrogens with one attached hydrogen (secondary N) is 1. The van der Waals surface area contributed by atoms with Crippen molar-refractivity contribution >= 4 is 0 Å². The molecule has 2 aliphatic rings. The molecule has 1 heterocycles. The van der Waals surface area contributed by atoms with E-state index >= 15 is 0 Å². The Morgan fingerprint density at radius 2 is 2.27 bits per heavy atom. The second-order valence-corrected chi connectivity index (χ2v) is 4.31. The number of rotatable bonds is 3. The van der Waals surface area contributed by atoms with Crippen molar-refractivity contribution in [1.29, 1.82) is 0 Å². The molecule has 1 aliphatic heterocycles. The standard InChI is InChI=1S/C10H19N/c1-2-10(6-3-7-11-10)8-9-4-5-9/h9,11H,2-8H2,1H3. The van der Waals surface area contributed by atoms with Gasteiger partial charge in [-0.3, -0.25) is 0 Å². The van der Waals surface area contributed by atoms with E-state index in [0.29, 0.717) is 5.54 Å². The van der Waals surface area contributed by atoms with Gasteiger partial charge in [-0.25, -0.2) is 0 Å². The zero-order valence-electron chi connectivity index (χ0n) is 7.53. The van der Waals surface area contributed by atoms with Crippen LogP contribution in [-0.4, -0.2) is 12.1 Å². The summed E-state index contributed by atoms with van der Waals surface area (Å²) in [4.78, 5) is 0. The fraction of sp³-hybridized carbons (Fsp3) is 1.00. The highest BCUT2D eigenvalue weighted by Gasteiger charge is 2.37. The Morgan fingerprint density at radius 1 is 1.45 bits per heavy atom. The van der Waals surface area contributed by atoms with Crippen molar-refractivity contribution in [3.8, 4) is 0 Å². The molecule has 64 valence electrons. The number of hydrogen-bond acceptors (Lipinski definition) is 1. The van der Waals surface area contributed by atoms with E-state index in [-0.39, 0.29) is 0 Å². The van der Waals surface area contributed by atoms with Crippen molar-refractivity contribution < 1.29 is 0 Å². The first-order valence-electron chi connectivity index (χ1n) is 5.10. The molecule has 0 amide bonds. The van der Waals surface area contributed by atoms with Crippen LogP contribution < -0.4 is 5.32 Å². The average molecular weight is 153 g/mol. The van der Waals surface area contributed by atoms with E-state index in [1.165, 1.54) is 45.1 Å². The van der Waals surface area contributed by atoms with Crippen LogP contribution in [0.1, 0.15) is 45.4 Å². The summed E-state index contributed by atoms with van der Waals surface area (Å²) in [5.74, 6) is 1.08. The maximum absolute atomic E-state index is 3.69. The molecule has 1 saturated carbocycles. The highest BCUT2D eigenvalue weighted by atomic mass is 15.0. The molecule has 1 aliphatic carbocycles. The van der Waals surface area contributed by atoms with Gasteiger partial charge in [-0.2, -0.15) is 0 Å². The fourth-order valence-corrected chi connectivity index (χ4v) is 2.36. The molecular weight excluding hydrogens is 134 g/mol. The summed E-state index contributed by atoms with van der Waals surface area (Å²) in [6.07, 6.45) is 8.64. The predicted molar refractivity (Wildman–Crippen MR) is 47.6 cm³/mol. The Labute approximate surface area is 69.6 Å². The molecule has 1 heteroatoms. The average Bonchev–Trinajstić information content (AvgIpc) is 2.68. The van der Waals surface area contributed by atoms with Gasteiger partial charge in [0.2, 0.25) is 0 Å². The van der Waals surface area contributed by atoms with E-state index in [2.05, 4.69) is 12.2 Å². The first-order valence-corrected chi connectivity index (χ1v) is 5.10. The van der Waals surface area contributed by atoms with Crippen molar-refractivity contribution in [2.75, 3.05) is 6.54 Å². The molecular formula is C10H19N. The molecule has 11 heavy (non-hydrogen) atoms. The third-order valence-corrected chi connectivity index (χ3v) is 3.39. The molecule has 2 fully saturated rings. The smallest absolute Gasteiger partial charge is 0.0182 e. The van der Waals surface area contributed by atoms with Gasteiger partial charge < -0.3 is 5.32 Å². The maximum Gasteiger partial charge on any atom is 0.0182 e. The van der Waals surface area contributed by atoms with E-state index in [1.807, 2.05) is 0 Å². The molecule has 1 unspecified atom stereocenters. The minimum Gasteiger partial charge on any atom is -0.311 e. The van der Waals surface area contributed by atoms with Crippen LogP contribution in [0.4, 0.5) is 0 Å². The van der Waals surface area contributed by atoms with Gasteiger partial charge in [0, 0.05) is 5.54 Å². The maximum atomic E-state index is 3.69. The van der Waals surface area contributed by atoms with Gasteiger partial charge in [-0.15, -0.1) is 0 Å². The lowest BCUT2D eigenvalue weighted by Gasteiger charge is -2.28. The Kier molecular flexibility index (Phi) is 1.92. The van der Waals surface area contributed by atoms with Crippen LogP contribution in [0.15, 0.2) is 0 Å².